The minimum absolute atomic E-state index is 0.583. The van der Waals surface area contributed by atoms with Gasteiger partial charge in [-0.15, -0.1) is 11.3 Å². The molecule has 0 saturated heterocycles. The average Bonchev–Trinajstić information content (AvgIpc) is 3.94. The van der Waals surface area contributed by atoms with Gasteiger partial charge in [0.05, 0.1) is 11.1 Å². The van der Waals surface area contributed by atoms with E-state index in [1.807, 2.05) is 11.3 Å². The highest BCUT2D eigenvalue weighted by molar-refractivity contribution is 7.25. The van der Waals surface area contributed by atoms with Crippen LogP contribution in [-0.4, -0.2) is 0 Å². The number of anilines is 6. The Morgan fingerprint density at radius 3 is 1.47 bits per heavy atom. The van der Waals surface area contributed by atoms with E-state index in [0.29, 0.717) is 0 Å². The van der Waals surface area contributed by atoms with Crippen LogP contribution in [0.4, 0.5) is 34.1 Å². The smallest absolute Gasteiger partial charge is 0.0714 e. The van der Waals surface area contributed by atoms with Gasteiger partial charge in [0, 0.05) is 54.0 Å². The van der Waals surface area contributed by atoms with Gasteiger partial charge in [0.1, 0.15) is 0 Å². The van der Waals surface area contributed by atoms with Crippen molar-refractivity contribution in [2.24, 2.45) is 0 Å². The Labute approximate surface area is 411 Å². The molecule has 1 heterocycles. The first-order valence-corrected chi connectivity index (χ1v) is 24.9. The van der Waals surface area contributed by atoms with Crippen LogP contribution in [0.1, 0.15) is 22.3 Å². The fraction of sp³-hybridized carbons (Fsp3) is 0.0149. The molecule has 0 atom stereocenters. The van der Waals surface area contributed by atoms with Crippen molar-refractivity contribution in [3.63, 3.8) is 0 Å². The molecular weight excluding hydrogens is 865 g/mol. The molecule has 0 aliphatic heterocycles. The third kappa shape index (κ3) is 6.25. The number of hydrogen-bond donors (Lipinski definition) is 0. The van der Waals surface area contributed by atoms with Gasteiger partial charge in [-0.1, -0.05) is 182 Å². The van der Waals surface area contributed by atoms with E-state index in [2.05, 4.69) is 277 Å². The fourth-order valence-electron chi connectivity index (χ4n) is 11.6. The van der Waals surface area contributed by atoms with Crippen LogP contribution in [0.3, 0.4) is 0 Å². The molecule has 2 nitrogen and oxygen atoms in total. The predicted octanol–water partition coefficient (Wildman–Crippen LogP) is 18.8. The summed E-state index contributed by atoms with van der Waals surface area (Å²) >= 11 is 1.86. The standard InChI is InChI=1S/C67H44N2S/c1-5-22-48(23-6-1)67(49-24-7-2-8-25-49)62-40-46-20-14-13-19-45(46)39-60(62)57-37-34-53(43-63(57)67)69(51-28-11-4-12-29-51)64-41-47-21-15-16-30-55(47)56-36-33-52(42-61(56)64)68(50-26-9-3-10-27-50)54-35-38-59-58-31-17-18-32-65(58)70-66(59)44-54/h1-44H. The second kappa shape index (κ2) is 16.2. The van der Waals surface area contributed by atoms with E-state index in [1.165, 1.54) is 80.5 Å². The summed E-state index contributed by atoms with van der Waals surface area (Å²) in [5, 5.41) is 9.85. The Balaban J connectivity index is 1.03. The summed E-state index contributed by atoms with van der Waals surface area (Å²) in [6.45, 7) is 0. The van der Waals surface area contributed by atoms with Crippen LogP contribution in [0.25, 0.3) is 63.6 Å². The molecule has 0 saturated carbocycles. The van der Waals surface area contributed by atoms with E-state index in [-0.39, 0.29) is 0 Å². The lowest BCUT2D eigenvalue weighted by atomic mass is 9.67. The van der Waals surface area contributed by atoms with Crippen LogP contribution < -0.4 is 9.80 Å². The van der Waals surface area contributed by atoms with Crippen molar-refractivity contribution in [2.75, 3.05) is 9.80 Å². The number of hydrogen-bond acceptors (Lipinski definition) is 3. The predicted molar refractivity (Wildman–Crippen MR) is 299 cm³/mol. The summed E-state index contributed by atoms with van der Waals surface area (Å²) in [6.07, 6.45) is 0. The fourth-order valence-corrected chi connectivity index (χ4v) is 12.7. The molecule has 0 amide bonds. The zero-order valence-electron chi connectivity index (χ0n) is 38.2. The normalized spacial score (nSPS) is 12.7. The number of para-hydroxylation sites is 2. The van der Waals surface area contributed by atoms with Crippen molar-refractivity contribution in [1.29, 1.82) is 0 Å². The number of fused-ring (bicyclic) bond motifs is 10. The molecule has 1 aliphatic rings. The Bertz CT molecular complexity index is 4090. The Kier molecular flexibility index (Phi) is 9.33. The SMILES string of the molecule is c1ccc(N(c2ccc3c(c2)sc2ccccc23)c2ccc3c(c2)c(N(c2ccccc2)c2ccc4c(c2)C(c2ccccc2)(c2ccccc2)c2cc5ccccc5cc2-4)cc2ccccc23)cc1. The summed E-state index contributed by atoms with van der Waals surface area (Å²) < 4.78 is 2.58. The quantitative estimate of drug-likeness (QED) is 0.140. The van der Waals surface area contributed by atoms with Crippen LogP contribution in [0, 0.1) is 0 Å². The monoisotopic (exact) mass is 908 g/mol. The molecule has 0 fully saturated rings. The van der Waals surface area contributed by atoms with Gasteiger partial charge in [-0.05, 0) is 145 Å². The second-order valence-electron chi connectivity index (χ2n) is 18.4. The molecule has 1 aliphatic carbocycles. The third-order valence-electron chi connectivity index (χ3n) is 14.6. The first-order chi connectivity index (χ1) is 34.7. The van der Waals surface area contributed by atoms with Crippen molar-refractivity contribution >= 4 is 98.0 Å². The zero-order valence-corrected chi connectivity index (χ0v) is 39.0. The Hall–Kier alpha value is -8.76. The topological polar surface area (TPSA) is 6.48 Å². The lowest BCUT2D eigenvalue weighted by molar-refractivity contribution is 0.769. The summed E-state index contributed by atoms with van der Waals surface area (Å²) in [6, 6.07) is 98.9. The highest BCUT2D eigenvalue weighted by Crippen LogP contribution is 2.58. The lowest BCUT2D eigenvalue weighted by Gasteiger charge is -2.35. The molecular formula is C67H44N2S. The molecule has 13 aromatic rings. The van der Waals surface area contributed by atoms with Crippen molar-refractivity contribution in [3.05, 3.63) is 289 Å². The van der Waals surface area contributed by atoms with E-state index in [4.69, 9.17) is 0 Å². The van der Waals surface area contributed by atoms with Gasteiger partial charge in [0.25, 0.3) is 0 Å². The minimum Gasteiger partial charge on any atom is -0.310 e. The van der Waals surface area contributed by atoms with Crippen molar-refractivity contribution in [1.82, 2.24) is 0 Å². The molecule has 0 radical (unpaired) electrons. The molecule has 3 heteroatoms. The van der Waals surface area contributed by atoms with Crippen molar-refractivity contribution in [3.8, 4) is 11.1 Å². The third-order valence-corrected chi connectivity index (χ3v) is 15.8. The maximum Gasteiger partial charge on any atom is 0.0714 e. The molecule has 0 N–H and O–H groups in total. The van der Waals surface area contributed by atoms with E-state index in [1.54, 1.807) is 0 Å². The van der Waals surface area contributed by atoms with E-state index in [9.17, 15) is 0 Å². The summed E-state index contributed by atoms with van der Waals surface area (Å²) in [5.41, 5.74) is 13.6. The van der Waals surface area contributed by atoms with Gasteiger partial charge in [-0.25, -0.2) is 0 Å². The molecule has 0 bridgehead atoms. The Morgan fingerprint density at radius 2 is 0.771 bits per heavy atom. The number of rotatable bonds is 8. The Morgan fingerprint density at radius 1 is 0.271 bits per heavy atom. The molecule has 328 valence electrons. The van der Waals surface area contributed by atoms with Crippen LogP contribution >= 0.6 is 11.3 Å². The first kappa shape index (κ1) is 40.3. The maximum absolute atomic E-state index is 2.50. The maximum atomic E-state index is 2.50. The zero-order chi connectivity index (χ0) is 46.2. The lowest BCUT2D eigenvalue weighted by Crippen LogP contribution is -2.28. The van der Waals surface area contributed by atoms with Crippen LogP contribution in [0.15, 0.2) is 267 Å². The molecule has 0 unspecified atom stereocenters. The van der Waals surface area contributed by atoms with Gasteiger partial charge < -0.3 is 9.80 Å². The largest absolute Gasteiger partial charge is 0.310 e. The van der Waals surface area contributed by atoms with Gasteiger partial charge in [0.15, 0.2) is 0 Å². The van der Waals surface area contributed by atoms with Crippen molar-refractivity contribution < 1.29 is 0 Å². The summed E-state index contributed by atoms with van der Waals surface area (Å²) in [5.74, 6) is 0. The van der Waals surface area contributed by atoms with Crippen LogP contribution in [-0.2, 0) is 5.41 Å². The molecule has 0 spiro atoms. The van der Waals surface area contributed by atoms with Crippen LogP contribution in [0.5, 0.6) is 0 Å². The van der Waals surface area contributed by atoms with Crippen molar-refractivity contribution in [2.45, 2.75) is 5.41 Å². The minimum atomic E-state index is -0.583. The summed E-state index contributed by atoms with van der Waals surface area (Å²) in [4.78, 5) is 4.91. The molecule has 70 heavy (non-hydrogen) atoms. The number of benzene rings is 12. The number of nitrogens with zero attached hydrogens (tertiary/aromatic N) is 2. The van der Waals surface area contributed by atoms with E-state index >= 15 is 0 Å². The van der Waals surface area contributed by atoms with Crippen LogP contribution in [0.2, 0.25) is 0 Å². The van der Waals surface area contributed by atoms with Gasteiger partial charge >= 0.3 is 0 Å². The van der Waals surface area contributed by atoms with E-state index in [0.717, 1.165) is 39.5 Å². The highest BCUT2D eigenvalue weighted by atomic mass is 32.1. The highest BCUT2D eigenvalue weighted by Gasteiger charge is 2.46. The molecule has 12 aromatic carbocycles. The van der Waals surface area contributed by atoms with Gasteiger partial charge in [-0.2, -0.15) is 0 Å². The van der Waals surface area contributed by atoms with Gasteiger partial charge in [0.2, 0.25) is 0 Å². The summed E-state index contributed by atoms with van der Waals surface area (Å²) in [7, 11) is 0. The second-order valence-corrected chi connectivity index (χ2v) is 19.5. The van der Waals surface area contributed by atoms with E-state index < -0.39 is 5.41 Å². The molecule has 1 aromatic heterocycles. The number of thiophene rings is 1. The van der Waals surface area contributed by atoms with Gasteiger partial charge in [-0.3, -0.25) is 0 Å². The first-order valence-electron chi connectivity index (χ1n) is 24.1. The average molecular weight is 909 g/mol. The molecule has 14 rings (SSSR count).